The van der Waals surface area contributed by atoms with Gasteiger partial charge in [-0.2, -0.15) is 4.31 Å². The summed E-state index contributed by atoms with van der Waals surface area (Å²) in [5.74, 6) is -0.930. The van der Waals surface area contributed by atoms with E-state index in [-0.39, 0.29) is 11.6 Å². The third kappa shape index (κ3) is 2.45. The number of rotatable bonds is 4. The number of aliphatic carboxylic acids is 1. The number of carboxylic acid groups (broad SMARTS) is 1. The van der Waals surface area contributed by atoms with Gasteiger partial charge < -0.3 is 9.67 Å². The topological polar surface area (TPSA) is 92.5 Å². The van der Waals surface area contributed by atoms with Crippen LogP contribution in [0.4, 0.5) is 0 Å². The lowest BCUT2D eigenvalue weighted by Gasteiger charge is -2.38. The summed E-state index contributed by atoms with van der Waals surface area (Å²) in [6.07, 6.45) is 4.31. The zero-order valence-electron chi connectivity index (χ0n) is 11.6. The van der Waals surface area contributed by atoms with E-state index in [0.717, 1.165) is 0 Å². The van der Waals surface area contributed by atoms with Gasteiger partial charge in [0.05, 0.1) is 11.7 Å². The summed E-state index contributed by atoms with van der Waals surface area (Å²) in [5, 5.41) is 9.38. The average Bonchev–Trinajstić information content (AvgIpc) is 2.86. The van der Waals surface area contributed by atoms with Gasteiger partial charge in [0.1, 0.15) is 0 Å². The molecular weight excluding hydrogens is 282 g/mol. The second-order valence-electron chi connectivity index (χ2n) is 5.26. The van der Waals surface area contributed by atoms with Crippen molar-refractivity contribution < 1.29 is 18.3 Å². The highest BCUT2D eigenvalue weighted by Crippen LogP contribution is 2.35. The molecule has 0 spiro atoms. The molecule has 2 rings (SSSR count). The summed E-state index contributed by atoms with van der Waals surface area (Å²) < 4.78 is 27.8. The molecule has 20 heavy (non-hydrogen) atoms. The Morgan fingerprint density at radius 3 is 2.75 bits per heavy atom. The van der Waals surface area contributed by atoms with Crippen LogP contribution < -0.4 is 0 Å². The van der Waals surface area contributed by atoms with Gasteiger partial charge in [0, 0.05) is 26.3 Å². The lowest BCUT2D eigenvalue weighted by Crippen LogP contribution is -2.49. The van der Waals surface area contributed by atoms with Crippen LogP contribution in [0.2, 0.25) is 0 Å². The number of hydrogen-bond acceptors (Lipinski definition) is 4. The first-order valence-corrected chi connectivity index (χ1v) is 7.97. The van der Waals surface area contributed by atoms with E-state index in [4.69, 9.17) is 0 Å². The molecule has 0 bridgehead atoms. The maximum atomic E-state index is 12.5. The Morgan fingerprint density at radius 1 is 1.55 bits per heavy atom. The Balaban J connectivity index is 2.31. The predicted molar refractivity (Wildman–Crippen MR) is 71.6 cm³/mol. The highest BCUT2D eigenvalue weighted by atomic mass is 32.2. The van der Waals surface area contributed by atoms with E-state index < -0.39 is 21.4 Å². The molecule has 1 aromatic rings. The minimum Gasteiger partial charge on any atom is -0.481 e. The van der Waals surface area contributed by atoms with Crippen LogP contribution in [0.25, 0.3) is 0 Å². The number of sulfonamides is 1. The molecular formula is C12H19N3O4S. The first kappa shape index (κ1) is 15.0. The second kappa shape index (κ2) is 5.17. The van der Waals surface area contributed by atoms with Gasteiger partial charge in [-0.05, 0) is 19.3 Å². The van der Waals surface area contributed by atoms with E-state index >= 15 is 0 Å². The minimum atomic E-state index is -3.72. The molecule has 1 aliphatic heterocycles. The fourth-order valence-electron chi connectivity index (χ4n) is 2.56. The lowest BCUT2D eigenvalue weighted by molar-refractivity contribution is -0.151. The van der Waals surface area contributed by atoms with Crippen LogP contribution in [0, 0.1) is 5.41 Å². The number of piperidine rings is 1. The molecule has 0 saturated carbocycles. The van der Waals surface area contributed by atoms with Crippen molar-refractivity contribution >= 4 is 16.0 Å². The molecule has 0 amide bonds. The van der Waals surface area contributed by atoms with Crippen molar-refractivity contribution in [2.75, 3.05) is 13.1 Å². The largest absolute Gasteiger partial charge is 0.481 e. The van der Waals surface area contributed by atoms with E-state index in [0.29, 0.717) is 25.8 Å². The number of hydrogen-bond donors (Lipinski definition) is 1. The van der Waals surface area contributed by atoms with Gasteiger partial charge >= 0.3 is 5.97 Å². The van der Waals surface area contributed by atoms with Crippen LogP contribution in [-0.4, -0.2) is 46.4 Å². The van der Waals surface area contributed by atoms with Gasteiger partial charge in [-0.1, -0.05) is 6.92 Å². The molecule has 0 radical (unpaired) electrons. The van der Waals surface area contributed by atoms with Crippen LogP contribution in [0.5, 0.6) is 0 Å². The van der Waals surface area contributed by atoms with Crippen molar-refractivity contribution in [3.63, 3.8) is 0 Å². The third-order valence-electron chi connectivity index (χ3n) is 3.96. The second-order valence-corrected chi connectivity index (χ2v) is 7.14. The average molecular weight is 301 g/mol. The van der Waals surface area contributed by atoms with Crippen molar-refractivity contribution in [3.05, 3.63) is 12.5 Å². The quantitative estimate of drug-likeness (QED) is 0.883. The zero-order chi connectivity index (χ0) is 15.0. The van der Waals surface area contributed by atoms with Crippen molar-refractivity contribution in [1.82, 2.24) is 13.9 Å². The summed E-state index contributed by atoms with van der Waals surface area (Å²) >= 11 is 0. The number of carbonyl (C=O) groups is 1. The minimum absolute atomic E-state index is 0.0116. The van der Waals surface area contributed by atoms with Gasteiger partial charge in [-0.3, -0.25) is 4.79 Å². The summed E-state index contributed by atoms with van der Waals surface area (Å²) in [4.78, 5) is 15.3. The maximum absolute atomic E-state index is 12.5. The molecule has 1 atom stereocenters. The van der Waals surface area contributed by atoms with E-state index in [9.17, 15) is 18.3 Å². The van der Waals surface area contributed by atoms with Gasteiger partial charge in [0.25, 0.3) is 10.0 Å². The van der Waals surface area contributed by atoms with Crippen LogP contribution in [0.3, 0.4) is 0 Å². The molecule has 1 saturated heterocycles. The van der Waals surface area contributed by atoms with E-state index in [1.165, 1.54) is 16.8 Å². The van der Waals surface area contributed by atoms with E-state index in [2.05, 4.69) is 4.98 Å². The molecule has 1 fully saturated rings. The fourth-order valence-corrected chi connectivity index (χ4v) is 4.09. The van der Waals surface area contributed by atoms with Crippen molar-refractivity contribution in [1.29, 1.82) is 0 Å². The lowest BCUT2D eigenvalue weighted by atomic mass is 9.78. The van der Waals surface area contributed by atoms with Gasteiger partial charge in [0.2, 0.25) is 0 Å². The van der Waals surface area contributed by atoms with Crippen LogP contribution in [-0.2, 0) is 21.9 Å². The zero-order valence-corrected chi connectivity index (χ0v) is 12.4. The fraction of sp³-hybridized carbons (Fsp3) is 0.667. The Labute approximate surface area is 118 Å². The highest BCUT2D eigenvalue weighted by Gasteiger charge is 2.44. The summed E-state index contributed by atoms with van der Waals surface area (Å²) in [7, 11) is -2.03. The number of aromatic nitrogens is 2. The molecule has 1 aromatic heterocycles. The van der Waals surface area contributed by atoms with Crippen molar-refractivity contribution in [3.8, 4) is 0 Å². The number of aryl methyl sites for hydroxylation is 1. The number of carboxylic acids is 1. The molecule has 0 aromatic carbocycles. The van der Waals surface area contributed by atoms with Crippen molar-refractivity contribution in [2.45, 2.75) is 31.2 Å². The molecule has 1 aliphatic rings. The highest BCUT2D eigenvalue weighted by molar-refractivity contribution is 7.89. The summed E-state index contributed by atoms with van der Waals surface area (Å²) in [6, 6.07) is 0. The van der Waals surface area contributed by atoms with Crippen LogP contribution in [0.1, 0.15) is 26.2 Å². The predicted octanol–water partition coefficient (Wildman–Crippen LogP) is 0.686. The molecule has 7 nitrogen and oxygen atoms in total. The first-order valence-electron chi connectivity index (χ1n) is 6.53. The molecule has 2 heterocycles. The summed E-state index contributed by atoms with van der Waals surface area (Å²) in [5.41, 5.74) is -0.986. The number of imidazole rings is 1. The normalized spacial score (nSPS) is 24.7. The van der Waals surface area contributed by atoms with Crippen molar-refractivity contribution in [2.24, 2.45) is 12.5 Å². The third-order valence-corrected chi connectivity index (χ3v) is 5.69. The molecule has 1 N–H and O–H groups in total. The summed E-state index contributed by atoms with van der Waals surface area (Å²) in [6.45, 7) is 2.14. The molecule has 0 aliphatic carbocycles. The smallest absolute Gasteiger partial charge is 0.310 e. The van der Waals surface area contributed by atoms with Crippen LogP contribution >= 0.6 is 0 Å². The molecule has 112 valence electrons. The number of nitrogens with zero attached hydrogens (tertiary/aromatic N) is 3. The molecule has 8 heteroatoms. The van der Waals surface area contributed by atoms with E-state index in [1.54, 1.807) is 18.5 Å². The Kier molecular flexibility index (Phi) is 3.88. The Morgan fingerprint density at radius 2 is 2.25 bits per heavy atom. The standard InChI is InChI=1S/C12H19N3O4S/c1-3-12(11(16)17)5-4-6-15(8-12)20(18,19)10-7-14(2)9-13-10/h7,9H,3-6,8H2,1-2H3,(H,16,17). The van der Waals surface area contributed by atoms with E-state index in [1.807, 2.05) is 0 Å². The first-order chi connectivity index (χ1) is 9.32. The van der Waals surface area contributed by atoms with Gasteiger partial charge in [-0.25, -0.2) is 13.4 Å². The van der Waals surface area contributed by atoms with Crippen LogP contribution in [0.15, 0.2) is 17.6 Å². The maximum Gasteiger partial charge on any atom is 0.310 e. The SMILES string of the molecule is CCC1(C(=O)O)CCCN(S(=O)(=O)c2cn(C)cn2)C1. The Bertz CT molecular complexity index is 610. The monoisotopic (exact) mass is 301 g/mol. The van der Waals surface area contributed by atoms with Gasteiger partial charge in [0.15, 0.2) is 5.03 Å². The Hall–Kier alpha value is -1.41. The molecule has 1 unspecified atom stereocenters. The van der Waals surface area contributed by atoms with Gasteiger partial charge in [-0.15, -0.1) is 0 Å².